The number of phenols is 1. The molecule has 67 heavy (non-hydrogen) atoms. The molecule has 0 saturated carbocycles. The van der Waals surface area contributed by atoms with Crippen LogP contribution >= 0.6 is 0 Å². The number of hydrogen-bond donors (Lipinski definition) is 2. The van der Waals surface area contributed by atoms with E-state index < -0.39 is 22.1 Å². The predicted octanol–water partition coefficient (Wildman–Crippen LogP) is 10.4. The second-order valence-electron chi connectivity index (χ2n) is 19.0. The molecule has 0 spiro atoms. The first-order valence-corrected chi connectivity index (χ1v) is 30.2. The van der Waals surface area contributed by atoms with Gasteiger partial charge in [0.2, 0.25) is 0 Å². The lowest BCUT2D eigenvalue weighted by molar-refractivity contribution is -0.141. The molecule has 1 saturated heterocycles. The molecule has 5 rings (SSSR count). The van der Waals surface area contributed by atoms with Gasteiger partial charge in [-0.25, -0.2) is 9.59 Å². The Kier molecular flexibility index (Phi) is 26.4. The number of hydrogen-bond acceptors (Lipinski definition) is 14. The van der Waals surface area contributed by atoms with Gasteiger partial charge in [-0.3, -0.25) is 9.59 Å². The number of rotatable bonds is 18. The molecule has 0 bridgehead atoms. The molecule has 2 N–H and O–H groups in total. The molecule has 3 aliphatic rings. The van der Waals surface area contributed by atoms with E-state index in [-0.39, 0.29) is 49.9 Å². The van der Waals surface area contributed by atoms with Crippen molar-refractivity contribution in [1.82, 2.24) is 0 Å². The van der Waals surface area contributed by atoms with Crippen LogP contribution in [0, 0.1) is 13.8 Å². The van der Waals surface area contributed by atoms with Crippen molar-refractivity contribution in [3.05, 3.63) is 67.8 Å². The number of cyclic esters (lactones) is 2. The third-order valence-electron chi connectivity index (χ3n) is 11.3. The van der Waals surface area contributed by atoms with Gasteiger partial charge in [0.15, 0.2) is 0 Å². The molecule has 3 heterocycles. The van der Waals surface area contributed by atoms with E-state index in [9.17, 15) is 24.3 Å². The number of methoxy groups -OCH3 is 4. The Bertz CT molecular complexity index is 2010. The van der Waals surface area contributed by atoms with E-state index in [1.165, 1.54) is 34.2 Å². The first-order chi connectivity index (χ1) is 31.0. The summed E-state index contributed by atoms with van der Waals surface area (Å²) in [5.74, 6) is 0.421. The molecule has 3 aliphatic heterocycles. The molecule has 14 nitrogen and oxygen atoms in total. The average molecular weight is 975 g/mol. The number of fused-ring (bicyclic) bond motifs is 2. The highest BCUT2D eigenvalue weighted by atomic mass is 28.3. The summed E-state index contributed by atoms with van der Waals surface area (Å²) < 4.78 is 42.0. The molecule has 1 fully saturated rings. The Balaban J connectivity index is 0.000000536. The van der Waals surface area contributed by atoms with Gasteiger partial charge in [0.05, 0.1) is 35.0 Å². The Hall–Kier alpha value is -4.65. The van der Waals surface area contributed by atoms with Crippen LogP contribution in [-0.2, 0) is 59.3 Å². The SMILES string of the molecule is C.C1CCOC1.COC(=O)CC/C(C)=C/Cc1c(O)c2c(c(C)c1OC)COC2=O.COC(=O)CC/C(C)=C/Cc1c(OC)c(C)c2c(c1OCC[Si](C)(C)C)C(=O)OC2.C[Si](C)(C)CCO. The minimum absolute atomic E-state index is 0. The number of aliphatic hydroxyl groups excluding tert-OH is 1. The van der Waals surface area contributed by atoms with Crippen LogP contribution in [-0.4, -0.2) is 105 Å². The summed E-state index contributed by atoms with van der Waals surface area (Å²) in [6.45, 7) is 24.6. The Labute approximate surface area is 402 Å². The van der Waals surface area contributed by atoms with Crippen molar-refractivity contribution in [2.24, 2.45) is 0 Å². The zero-order chi connectivity index (χ0) is 49.8. The van der Waals surface area contributed by atoms with Gasteiger partial charge in [0, 0.05) is 71.1 Å². The summed E-state index contributed by atoms with van der Waals surface area (Å²) in [5, 5.41) is 18.9. The van der Waals surface area contributed by atoms with Crippen molar-refractivity contribution < 1.29 is 67.3 Å². The Morgan fingerprint density at radius 1 is 0.657 bits per heavy atom. The minimum Gasteiger partial charge on any atom is -0.507 e. The van der Waals surface area contributed by atoms with E-state index in [1.807, 2.05) is 33.8 Å². The molecule has 0 amide bonds. The van der Waals surface area contributed by atoms with Gasteiger partial charge in [-0.05, 0) is 89.4 Å². The average Bonchev–Trinajstić information content (AvgIpc) is 4.06. The van der Waals surface area contributed by atoms with E-state index in [1.54, 1.807) is 7.11 Å². The highest BCUT2D eigenvalue weighted by molar-refractivity contribution is 6.76. The zero-order valence-electron chi connectivity index (χ0n) is 42.3. The third kappa shape index (κ3) is 19.5. The van der Waals surface area contributed by atoms with Crippen molar-refractivity contribution in [1.29, 1.82) is 0 Å². The number of aliphatic hydroxyl groups is 1. The van der Waals surface area contributed by atoms with Crippen molar-refractivity contribution in [2.45, 2.75) is 151 Å². The largest absolute Gasteiger partial charge is 0.507 e. The number of aromatic hydroxyl groups is 1. The lowest BCUT2D eigenvalue weighted by Gasteiger charge is -2.21. The number of allylic oxidation sites excluding steroid dienone is 4. The maximum Gasteiger partial charge on any atom is 0.342 e. The zero-order valence-corrected chi connectivity index (χ0v) is 44.3. The number of benzene rings is 2. The predicted molar refractivity (Wildman–Crippen MR) is 268 cm³/mol. The third-order valence-corrected chi connectivity index (χ3v) is 14.7. The van der Waals surface area contributed by atoms with Crippen LogP contribution in [0.5, 0.6) is 23.0 Å². The van der Waals surface area contributed by atoms with E-state index in [2.05, 4.69) is 50.1 Å². The van der Waals surface area contributed by atoms with Gasteiger partial charge < -0.3 is 48.1 Å². The number of esters is 4. The van der Waals surface area contributed by atoms with E-state index in [0.29, 0.717) is 79.9 Å². The van der Waals surface area contributed by atoms with E-state index in [0.717, 1.165) is 64.5 Å². The molecule has 0 aromatic heterocycles. The molecule has 2 aromatic rings. The quantitative estimate of drug-likeness (QED) is 0.0623. The normalized spacial score (nSPS) is 14.0. The first-order valence-electron chi connectivity index (χ1n) is 22.8. The van der Waals surface area contributed by atoms with Crippen LogP contribution < -0.4 is 14.2 Å². The van der Waals surface area contributed by atoms with Gasteiger partial charge in [0.25, 0.3) is 0 Å². The molecule has 16 heteroatoms. The van der Waals surface area contributed by atoms with Gasteiger partial charge in [-0.1, -0.05) is 70.0 Å². The minimum atomic E-state index is -1.29. The highest BCUT2D eigenvalue weighted by Gasteiger charge is 2.34. The molecule has 0 radical (unpaired) electrons. The Morgan fingerprint density at radius 2 is 1.09 bits per heavy atom. The van der Waals surface area contributed by atoms with Crippen molar-refractivity contribution >= 4 is 40.0 Å². The molecular formula is C51H82O14Si2. The second-order valence-corrected chi connectivity index (χ2v) is 30.2. The fourth-order valence-corrected chi connectivity index (χ4v) is 8.45. The Morgan fingerprint density at radius 3 is 1.48 bits per heavy atom. The molecule has 0 unspecified atom stereocenters. The summed E-state index contributed by atoms with van der Waals surface area (Å²) >= 11 is 0. The summed E-state index contributed by atoms with van der Waals surface area (Å²) in [5.41, 5.74) is 7.42. The maximum atomic E-state index is 12.5. The smallest absolute Gasteiger partial charge is 0.342 e. The number of carbonyl (C=O) groups excluding carboxylic acids is 4. The first kappa shape index (κ1) is 60.4. The van der Waals surface area contributed by atoms with Crippen molar-refractivity contribution in [3.8, 4) is 23.0 Å². The summed E-state index contributed by atoms with van der Waals surface area (Å²) in [4.78, 5) is 47.0. The lowest BCUT2D eigenvalue weighted by Crippen LogP contribution is -2.23. The van der Waals surface area contributed by atoms with Gasteiger partial charge in [-0.15, -0.1) is 0 Å². The van der Waals surface area contributed by atoms with Crippen LogP contribution in [0.15, 0.2) is 23.3 Å². The van der Waals surface area contributed by atoms with Gasteiger partial charge >= 0.3 is 23.9 Å². The summed E-state index contributed by atoms with van der Waals surface area (Å²) in [6.07, 6.45) is 9.28. The standard InChI is InChI=1S/C23H34O6Si.C18H22O6.C5H14OSi.C4H8O.CH4/c1-15(9-11-19(24)26-3)8-10-17-21(27-4)16(2)18-14-29-23(25)20(18)22(17)28-12-13-30(5,6)7;1-10(6-8-14(19)22-3)5-7-12-16(20)15-13(9-24-18(15)21)11(2)17(12)23-4;1-7(2,3)5-4-6;1-2-4-5-3-1;/h8H,9-14H2,1-7H3;5,20H,6-9H2,1-4H3;6H,4-5H2,1-3H3;1-4H2;1H4/b15-8+;10-5+;;;. The fraction of sp³-hybridized carbons (Fsp3) is 0.608. The number of carbonyl (C=O) groups is 4. The fourth-order valence-electron chi connectivity index (χ4n) is 7.06. The molecule has 2 aromatic carbocycles. The number of phenolic OH excluding ortho intramolecular Hbond substituents is 1. The van der Waals surface area contributed by atoms with Crippen LogP contribution in [0.2, 0.25) is 51.4 Å². The molecular weight excluding hydrogens is 893 g/mol. The summed E-state index contributed by atoms with van der Waals surface area (Å²) in [6, 6.07) is 2.02. The van der Waals surface area contributed by atoms with E-state index in [4.69, 9.17) is 38.3 Å². The van der Waals surface area contributed by atoms with Crippen molar-refractivity contribution in [3.63, 3.8) is 0 Å². The van der Waals surface area contributed by atoms with Gasteiger partial charge in [-0.2, -0.15) is 0 Å². The number of ether oxygens (including phenoxy) is 8. The van der Waals surface area contributed by atoms with Crippen molar-refractivity contribution in [2.75, 3.05) is 54.9 Å². The highest BCUT2D eigenvalue weighted by Crippen LogP contribution is 2.44. The van der Waals surface area contributed by atoms with E-state index >= 15 is 0 Å². The summed E-state index contributed by atoms with van der Waals surface area (Å²) in [7, 11) is 3.71. The topological polar surface area (TPSA) is 183 Å². The van der Waals surface area contributed by atoms with Gasteiger partial charge in [0.1, 0.15) is 47.3 Å². The monoisotopic (exact) mass is 975 g/mol. The molecule has 378 valence electrons. The van der Waals surface area contributed by atoms with Crippen LogP contribution in [0.1, 0.15) is 114 Å². The van der Waals surface area contributed by atoms with Crippen LogP contribution in [0.4, 0.5) is 0 Å². The molecule has 0 aliphatic carbocycles. The van der Waals surface area contributed by atoms with Crippen LogP contribution in [0.3, 0.4) is 0 Å². The maximum absolute atomic E-state index is 12.5. The lowest BCUT2D eigenvalue weighted by atomic mass is 9.94. The molecule has 0 atom stereocenters. The van der Waals surface area contributed by atoms with Crippen LogP contribution in [0.25, 0.3) is 0 Å². The second kappa shape index (κ2) is 29.3.